The van der Waals surface area contributed by atoms with Gasteiger partial charge < -0.3 is 10.1 Å². The number of hydrogen-bond donors (Lipinski definition) is 1. The number of anilines is 1. The molecular weight excluding hydrogens is 314 g/mol. The number of nitro groups is 1. The van der Waals surface area contributed by atoms with Crippen molar-refractivity contribution in [1.29, 1.82) is 0 Å². The van der Waals surface area contributed by atoms with Gasteiger partial charge in [0.25, 0.3) is 5.69 Å². The lowest BCUT2D eigenvalue weighted by atomic mass is 10.1. The summed E-state index contributed by atoms with van der Waals surface area (Å²) in [5.41, 5.74) is 0.410. The molecule has 1 aromatic rings. The summed E-state index contributed by atoms with van der Waals surface area (Å²) in [5.74, 6) is -0.749. The van der Waals surface area contributed by atoms with Gasteiger partial charge >= 0.3 is 5.97 Å². The first-order valence-electron chi connectivity index (χ1n) is 7.87. The topological polar surface area (TPSA) is 102 Å². The van der Waals surface area contributed by atoms with Crippen molar-refractivity contribution in [3.05, 3.63) is 34.4 Å². The lowest BCUT2D eigenvalue weighted by molar-refractivity contribution is -0.384. The standard InChI is InChI=1S/C16H21N3O5/c1-24-15(20)11-14(18-9-3-2-4-10-18)16(21)17-12-5-7-13(8-6-12)19(22)23/h5-8,14H,2-4,9-11H2,1H3,(H,17,21). The smallest absolute Gasteiger partial charge is 0.307 e. The summed E-state index contributed by atoms with van der Waals surface area (Å²) in [5, 5.41) is 13.4. The molecule has 24 heavy (non-hydrogen) atoms. The lowest BCUT2D eigenvalue weighted by Crippen LogP contribution is -2.47. The van der Waals surface area contributed by atoms with Crippen molar-refractivity contribution >= 4 is 23.3 Å². The number of non-ortho nitro benzene ring substituents is 1. The van der Waals surface area contributed by atoms with E-state index in [4.69, 9.17) is 4.74 Å². The molecular formula is C16H21N3O5. The predicted octanol–water partition coefficient (Wildman–Crippen LogP) is 1.95. The molecule has 8 nitrogen and oxygen atoms in total. The van der Waals surface area contributed by atoms with Crippen LogP contribution in [0.15, 0.2) is 24.3 Å². The molecule has 1 aliphatic rings. The van der Waals surface area contributed by atoms with Crippen molar-refractivity contribution in [3.8, 4) is 0 Å². The molecule has 0 saturated carbocycles. The average Bonchev–Trinajstić information content (AvgIpc) is 2.60. The van der Waals surface area contributed by atoms with Crippen molar-refractivity contribution in [1.82, 2.24) is 4.90 Å². The Bertz CT molecular complexity index is 596. The molecule has 1 amide bonds. The molecule has 1 aromatic carbocycles. The van der Waals surface area contributed by atoms with Crippen LogP contribution in [-0.4, -0.2) is 47.9 Å². The maximum atomic E-state index is 12.6. The van der Waals surface area contributed by atoms with Gasteiger partial charge in [-0.1, -0.05) is 6.42 Å². The van der Waals surface area contributed by atoms with E-state index in [9.17, 15) is 19.7 Å². The second-order valence-corrected chi connectivity index (χ2v) is 5.69. The van der Waals surface area contributed by atoms with Crippen molar-refractivity contribution in [3.63, 3.8) is 0 Å². The van der Waals surface area contributed by atoms with Crippen LogP contribution in [0.1, 0.15) is 25.7 Å². The Hall–Kier alpha value is -2.48. The number of nitro benzene ring substituents is 1. The quantitative estimate of drug-likeness (QED) is 0.484. The van der Waals surface area contributed by atoms with Gasteiger partial charge in [0, 0.05) is 17.8 Å². The zero-order valence-corrected chi connectivity index (χ0v) is 13.6. The van der Waals surface area contributed by atoms with Gasteiger partial charge in [-0.2, -0.15) is 0 Å². The molecule has 8 heteroatoms. The Morgan fingerprint density at radius 1 is 1.25 bits per heavy atom. The number of nitrogens with one attached hydrogen (secondary N) is 1. The van der Waals surface area contributed by atoms with E-state index in [1.54, 1.807) is 0 Å². The van der Waals surface area contributed by atoms with Crippen LogP contribution in [-0.2, 0) is 14.3 Å². The summed E-state index contributed by atoms with van der Waals surface area (Å²) in [6.07, 6.45) is 3.08. The van der Waals surface area contributed by atoms with Crippen LogP contribution in [0.5, 0.6) is 0 Å². The van der Waals surface area contributed by atoms with E-state index in [2.05, 4.69) is 5.32 Å². The molecule has 2 rings (SSSR count). The van der Waals surface area contributed by atoms with Gasteiger partial charge in [-0.15, -0.1) is 0 Å². The van der Waals surface area contributed by atoms with Gasteiger partial charge in [0.1, 0.15) is 6.04 Å². The first-order chi connectivity index (χ1) is 11.5. The number of carbonyl (C=O) groups is 2. The maximum Gasteiger partial charge on any atom is 0.307 e. The highest BCUT2D eigenvalue weighted by atomic mass is 16.6. The van der Waals surface area contributed by atoms with Gasteiger partial charge in [-0.25, -0.2) is 0 Å². The molecule has 1 heterocycles. The largest absolute Gasteiger partial charge is 0.469 e. The van der Waals surface area contributed by atoms with Gasteiger partial charge in [0.2, 0.25) is 5.91 Å². The summed E-state index contributed by atoms with van der Waals surface area (Å²) in [4.78, 5) is 36.4. The van der Waals surface area contributed by atoms with E-state index in [0.717, 1.165) is 32.4 Å². The van der Waals surface area contributed by atoms with Crippen LogP contribution in [0.3, 0.4) is 0 Å². The number of methoxy groups -OCH3 is 1. The molecule has 1 N–H and O–H groups in total. The summed E-state index contributed by atoms with van der Waals surface area (Å²) in [7, 11) is 1.30. The zero-order chi connectivity index (χ0) is 17.5. The minimum atomic E-state index is -0.604. The van der Waals surface area contributed by atoms with Gasteiger partial charge in [-0.05, 0) is 38.1 Å². The maximum absolute atomic E-state index is 12.6. The van der Waals surface area contributed by atoms with E-state index in [0.29, 0.717) is 5.69 Å². The third-order valence-corrected chi connectivity index (χ3v) is 4.07. The van der Waals surface area contributed by atoms with E-state index in [1.807, 2.05) is 4.90 Å². The number of rotatable bonds is 6. The first-order valence-corrected chi connectivity index (χ1v) is 7.87. The third-order valence-electron chi connectivity index (χ3n) is 4.07. The zero-order valence-electron chi connectivity index (χ0n) is 13.6. The minimum Gasteiger partial charge on any atom is -0.469 e. The Balaban J connectivity index is 2.08. The van der Waals surface area contributed by atoms with Crippen molar-refractivity contribution < 1.29 is 19.2 Å². The first kappa shape index (κ1) is 17.9. The second-order valence-electron chi connectivity index (χ2n) is 5.69. The monoisotopic (exact) mass is 335 g/mol. The number of piperidine rings is 1. The van der Waals surface area contributed by atoms with Gasteiger partial charge in [-0.3, -0.25) is 24.6 Å². The second kappa shape index (κ2) is 8.39. The van der Waals surface area contributed by atoms with Crippen LogP contribution >= 0.6 is 0 Å². The lowest BCUT2D eigenvalue weighted by Gasteiger charge is -2.33. The number of carbonyl (C=O) groups excluding carboxylic acids is 2. The third kappa shape index (κ3) is 4.76. The number of esters is 1. The molecule has 0 aliphatic carbocycles. The number of ether oxygens (including phenoxy) is 1. The number of likely N-dealkylation sites (tertiary alicyclic amines) is 1. The summed E-state index contributed by atoms with van der Waals surface area (Å²) >= 11 is 0. The Morgan fingerprint density at radius 2 is 1.88 bits per heavy atom. The molecule has 0 radical (unpaired) electrons. The number of hydrogen-bond acceptors (Lipinski definition) is 6. The van der Waals surface area contributed by atoms with Crippen LogP contribution in [0.2, 0.25) is 0 Å². The van der Waals surface area contributed by atoms with E-state index in [1.165, 1.54) is 31.4 Å². The molecule has 0 aromatic heterocycles. The number of amides is 1. The van der Waals surface area contributed by atoms with Crippen LogP contribution in [0.25, 0.3) is 0 Å². The minimum absolute atomic E-state index is 0.0185. The van der Waals surface area contributed by atoms with E-state index in [-0.39, 0.29) is 18.0 Å². The summed E-state index contributed by atoms with van der Waals surface area (Å²) < 4.78 is 4.69. The average molecular weight is 335 g/mol. The predicted molar refractivity (Wildman–Crippen MR) is 87.6 cm³/mol. The number of nitrogens with zero attached hydrogens (tertiary/aromatic N) is 2. The van der Waals surface area contributed by atoms with Crippen molar-refractivity contribution in [2.24, 2.45) is 0 Å². The molecule has 0 spiro atoms. The number of benzene rings is 1. The van der Waals surface area contributed by atoms with Crippen LogP contribution in [0, 0.1) is 10.1 Å². The fourth-order valence-corrected chi connectivity index (χ4v) is 2.75. The fourth-order valence-electron chi connectivity index (χ4n) is 2.75. The normalized spacial score (nSPS) is 16.2. The van der Waals surface area contributed by atoms with Crippen molar-refractivity contribution in [2.45, 2.75) is 31.7 Å². The molecule has 1 unspecified atom stereocenters. The Morgan fingerprint density at radius 3 is 2.42 bits per heavy atom. The molecule has 0 bridgehead atoms. The summed E-state index contributed by atoms with van der Waals surface area (Å²) in [6, 6.07) is 4.99. The SMILES string of the molecule is COC(=O)CC(C(=O)Nc1ccc([N+](=O)[O-])cc1)N1CCCCC1. The molecule has 1 saturated heterocycles. The molecule has 1 fully saturated rings. The van der Waals surface area contributed by atoms with Crippen LogP contribution in [0.4, 0.5) is 11.4 Å². The van der Waals surface area contributed by atoms with E-state index < -0.39 is 16.9 Å². The van der Waals surface area contributed by atoms with Gasteiger partial charge in [0.15, 0.2) is 0 Å². The summed E-state index contributed by atoms with van der Waals surface area (Å²) in [6.45, 7) is 1.52. The molecule has 130 valence electrons. The Labute approximate surface area is 139 Å². The van der Waals surface area contributed by atoms with E-state index >= 15 is 0 Å². The fraction of sp³-hybridized carbons (Fsp3) is 0.500. The molecule has 1 atom stereocenters. The Kier molecular flexibility index (Phi) is 6.25. The van der Waals surface area contributed by atoms with Crippen LogP contribution < -0.4 is 5.32 Å². The van der Waals surface area contributed by atoms with Gasteiger partial charge in [0.05, 0.1) is 18.5 Å². The molecule has 1 aliphatic heterocycles. The highest BCUT2D eigenvalue weighted by Crippen LogP contribution is 2.19. The highest BCUT2D eigenvalue weighted by Gasteiger charge is 2.29. The highest BCUT2D eigenvalue weighted by molar-refractivity contribution is 5.97. The van der Waals surface area contributed by atoms with Crippen molar-refractivity contribution in [2.75, 3.05) is 25.5 Å².